The van der Waals surface area contributed by atoms with E-state index in [0.29, 0.717) is 11.5 Å². The van der Waals surface area contributed by atoms with Crippen molar-refractivity contribution >= 4 is 5.97 Å². The first-order valence-corrected chi connectivity index (χ1v) is 7.22. The summed E-state index contributed by atoms with van der Waals surface area (Å²) in [7, 11) is 0. The van der Waals surface area contributed by atoms with Crippen LogP contribution in [0.2, 0.25) is 0 Å². The Hall–Kier alpha value is -3.08. The summed E-state index contributed by atoms with van der Waals surface area (Å²) in [5.74, 6) is 1.27. The highest BCUT2D eigenvalue weighted by Crippen LogP contribution is 2.25. The Balaban J connectivity index is 1.78. The van der Waals surface area contributed by atoms with Crippen molar-refractivity contribution in [1.29, 1.82) is 0 Å². The third-order valence-electron chi connectivity index (χ3n) is 3.41. The van der Waals surface area contributed by atoms with Crippen LogP contribution in [0.3, 0.4) is 0 Å². The second-order valence-electron chi connectivity index (χ2n) is 5.17. The number of para-hydroxylation sites is 1. The van der Waals surface area contributed by atoms with E-state index in [1.54, 1.807) is 0 Å². The van der Waals surface area contributed by atoms with Gasteiger partial charge in [0, 0.05) is 11.3 Å². The largest absolute Gasteiger partial charge is 0.481 e. The number of nitrogens with one attached hydrogen (secondary N) is 1. The summed E-state index contributed by atoms with van der Waals surface area (Å²) in [5.41, 5.74) is 2.20. The molecule has 0 aliphatic heterocycles. The van der Waals surface area contributed by atoms with E-state index >= 15 is 0 Å². The molecule has 23 heavy (non-hydrogen) atoms. The van der Waals surface area contributed by atoms with Gasteiger partial charge in [-0.15, -0.1) is 0 Å². The molecule has 0 fully saturated rings. The summed E-state index contributed by atoms with van der Waals surface area (Å²) in [5, 5.41) is 8.88. The number of aromatic amines is 1. The van der Waals surface area contributed by atoms with Gasteiger partial charge in [-0.05, 0) is 43.3 Å². The number of nitrogens with zero attached hydrogens (tertiary/aromatic N) is 1. The molecule has 2 N–H and O–H groups in total. The minimum Gasteiger partial charge on any atom is -0.481 e. The number of H-pyrrole nitrogens is 1. The molecule has 1 aromatic heterocycles. The molecule has 0 aliphatic rings. The van der Waals surface area contributed by atoms with Crippen LogP contribution in [0.4, 0.5) is 0 Å². The lowest BCUT2D eigenvalue weighted by Crippen LogP contribution is -2.01. The number of hydrogen-bond donors (Lipinski definition) is 2. The fourth-order valence-corrected chi connectivity index (χ4v) is 2.25. The number of aryl methyl sites for hydroxylation is 1. The Bertz CT molecular complexity index is 808. The average molecular weight is 308 g/mol. The second kappa shape index (κ2) is 6.36. The Morgan fingerprint density at radius 2 is 1.74 bits per heavy atom. The van der Waals surface area contributed by atoms with Crippen molar-refractivity contribution in [3.05, 3.63) is 66.0 Å². The van der Waals surface area contributed by atoms with Crippen LogP contribution in [-0.2, 0) is 11.2 Å². The van der Waals surface area contributed by atoms with Gasteiger partial charge < -0.3 is 14.8 Å². The van der Waals surface area contributed by atoms with Gasteiger partial charge in [0.05, 0.1) is 12.1 Å². The number of hydrogen-bond acceptors (Lipinski definition) is 3. The van der Waals surface area contributed by atoms with Crippen molar-refractivity contribution in [3.63, 3.8) is 0 Å². The van der Waals surface area contributed by atoms with E-state index in [0.717, 1.165) is 22.8 Å². The zero-order valence-electron chi connectivity index (χ0n) is 12.6. The molecule has 0 atom stereocenters. The molecule has 0 saturated heterocycles. The van der Waals surface area contributed by atoms with Crippen molar-refractivity contribution in [2.75, 3.05) is 0 Å². The molecule has 0 amide bonds. The Labute approximate surface area is 133 Å². The predicted molar refractivity (Wildman–Crippen MR) is 86.6 cm³/mol. The highest BCUT2D eigenvalue weighted by molar-refractivity contribution is 5.70. The van der Waals surface area contributed by atoms with Gasteiger partial charge in [-0.1, -0.05) is 18.2 Å². The van der Waals surface area contributed by atoms with E-state index < -0.39 is 5.97 Å². The van der Waals surface area contributed by atoms with Crippen molar-refractivity contribution in [2.24, 2.45) is 0 Å². The number of imidazole rings is 1. The van der Waals surface area contributed by atoms with Crippen LogP contribution >= 0.6 is 0 Å². The summed E-state index contributed by atoms with van der Waals surface area (Å²) in [6, 6.07) is 17.0. The molecule has 0 saturated carbocycles. The number of ether oxygens (including phenoxy) is 1. The van der Waals surface area contributed by atoms with Gasteiger partial charge in [0.15, 0.2) is 0 Å². The number of benzene rings is 2. The van der Waals surface area contributed by atoms with E-state index in [9.17, 15) is 4.79 Å². The van der Waals surface area contributed by atoms with Gasteiger partial charge in [0.1, 0.15) is 17.3 Å². The van der Waals surface area contributed by atoms with Crippen LogP contribution in [0, 0.1) is 6.92 Å². The number of aromatic nitrogens is 2. The quantitative estimate of drug-likeness (QED) is 0.751. The molecule has 0 unspecified atom stereocenters. The van der Waals surface area contributed by atoms with Crippen LogP contribution in [0.5, 0.6) is 11.5 Å². The first kappa shape index (κ1) is 14.8. The first-order valence-electron chi connectivity index (χ1n) is 7.22. The molecule has 0 radical (unpaired) electrons. The molecule has 116 valence electrons. The third-order valence-corrected chi connectivity index (χ3v) is 3.41. The van der Waals surface area contributed by atoms with Gasteiger partial charge in [-0.3, -0.25) is 4.79 Å². The van der Waals surface area contributed by atoms with E-state index in [1.807, 2.05) is 61.5 Å². The Kier molecular flexibility index (Phi) is 4.10. The normalized spacial score (nSPS) is 10.5. The van der Waals surface area contributed by atoms with Gasteiger partial charge in [0.25, 0.3) is 0 Å². The number of rotatable bonds is 5. The molecular weight excluding hydrogens is 292 g/mol. The van der Waals surface area contributed by atoms with Gasteiger partial charge in [-0.25, -0.2) is 4.98 Å². The van der Waals surface area contributed by atoms with Crippen LogP contribution < -0.4 is 4.74 Å². The monoisotopic (exact) mass is 308 g/mol. The average Bonchev–Trinajstić information content (AvgIpc) is 2.89. The Morgan fingerprint density at radius 1 is 1.09 bits per heavy atom. The van der Waals surface area contributed by atoms with E-state index in [1.165, 1.54) is 0 Å². The maximum atomic E-state index is 10.8. The lowest BCUT2D eigenvalue weighted by molar-refractivity contribution is -0.136. The van der Waals surface area contributed by atoms with Gasteiger partial charge in [-0.2, -0.15) is 0 Å². The standard InChI is InChI=1S/C18H16N2O3/c1-12-16(11-17(21)22)20-18(19-12)13-7-9-15(10-8-13)23-14-5-3-2-4-6-14/h2-10H,11H2,1H3,(H,19,20)(H,21,22). The number of carboxylic acid groups (broad SMARTS) is 1. The number of carbonyl (C=O) groups is 1. The van der Waals surface area contributed by atoms with Crippen molar-refractivity contribution < 1.29 is 14.6 Å². The predicted octanol–water partition coefficient (Wildman–Crippen LogP) is 3.80. The summed E-state index contributed by atoms with van der Waals surface area (Å²) < 4.78 is 5.74. The zero-order valence-corrected chi connectivity index (χ0v) is 12.6. The molecule has 2 aromatic carbocycles. The van der Waals surface area contributed by atoms with Crippen LogP contribution in [0.25, 0.3) is 11.4 Å². The zero-order chi connectivity index (χ0) is 16.2. The molecule has 0 bridgehead atoms. The smallest absolute Gasteiger partial charge is 0.309 e. The van der Waals surface area contributed by atoms with Gasteiger partial charge in [0.2, 0.25) is 0 Å². The molecule has 3 aromatic rings. The maximum Gasteiger partial charge on any atom is 0.309 e. The topological polar surface area (TPSA) is 75.2 Å². The third kappa shape index (κ3) is 3.58. The second-order valence-corrected chi connectivity index (χ2v) is 5.17. The fraction of sp³-hybridized carbons (Fsp3) is 0.111. The van der Waals surface area contributed by atoms with E-state index in [4.69, 9.17) is 9.84 Å². The fourth-order valence-electron chi connectivity index (χ4n) is 2.25. The molecule has 0 spiro atoms. The van der Waals surface area contributed by atoms with Crippen LogP contribution in [0.1, 0.15) is 11.4 Å². The van der Waals surface area contributed by atoms with E-state index in [2.05, 4.69) is 9.97 Å². The SMILES string of the molecule is Cc1[nH]c(-c2ccc(Oc3ccccc3)cc2)nc1CC(=O)O. The number of aliphatic carboxylic acids is 1. The van der Waals surface area contributed by atoms with Crippen LogP contribution in [-0.4, -0.2) is 21.0 Å². The maximum absolute atomic E-state index is 10.8. The lowest BCUT2D eigenvalue weighted by Gasteiger charge is -2.05. The molecule has 3 rings (SSSR count). The van der Waals surface area contributed by atoms with E-state index in [-0.39, 0.29) is 6.42 Å². The molecule has 5 heteroatoms. The van der Waals surface area contributed by atoms with Crippen molar-refractivity contribution in [1.82, 2.24) is 9.97 Å². The lowest BCUT2D eigenvalue weighted by atomic mass is 10.2. The van der Waals surface area contributed by atoms with Crippen molar-refractivity contribution in [3.8, 4) is 22.9 Å². The minimum absolute atomic E-state index is 0.0858. The van der Waals surface area contributed by atoms with Gasteiger partial charge >= 0.3 is 5.97 Å². The number of carboxylic acids is 1. The molecule has 1 heterocycles. The highest BCUT2D eigenvalue weighted by atomic mass is 16.5. The minimum atomic E-state index is -0.891. The van der Waals surface area contributed by atoms with Crippen molar-refractivity contribution in [2.45, 2.75) is 13.3 Å². The molecule has 0 aliphatic carbocycles. The first-order chi connectivity index (χ1) is 11.1. The summed E-state index contributed by atoms with van der Waals surface area (Å²) in [4.78, 5) is 18.3. The summed E-state index contributed by atoms with van der Waals surface area (Å²) in [6.45, 7) is 1.82. The molecular formula is C18H16N2O3. The molecule has 5 nitrogen and oxygen atoms in total. The highest BCUT2D eigenvalue weighted by Gasteiger charge is 2.11. The van der Waals surface area contributed by atoms with Crippen LogP contribution in [0.15, 0.2) is 54.6 Å². The summed E-state index contributed by atoms with van der Waals surface area (Å²) in [6.07, 6.45) is -0.0858. The summed E-state index contributed by atoms with van der Waals surface area (Å²) >= 11 is 0. The Morgan fingerprint density at radius 3 is 2.39 bits per heavy atom.